The van der Waals surface area contributed by atoms with Gasteiger partial charge in [0.2, 0.25) is 0 Å². The number of benzene rings is 1. The lowest BCUT2D eigenvalue weighted by atomic mass is 10.0. The van der Waals surface area contributed by atoms with Gasteiger partial charge in [-0.15, -0.1) is 0 Å². The molecule has 2 rings (SSSR count). The molecule has 0 bridgehead atoms. The van der Waals surface area contributed by atoms with Crippen molar-refractivity contribution in [3.05, 3.63) is 34.6 Å². The van der Waals surface area contributed by atoms with Gasteiger partial charge in [-0.1, -0.05) is 17.7 Å². The van der Waals surface area contributed by atoms with E-state index in [-0.39, 0.29) is 11.9 Å². The summed E-state index contributed by atoms with van der Waals surface area (Å²) in [5, 5.41) is 0.413. The van der Waals surface area contributed by atoms with Crippen LogP contribution in [0.25, 0.3) is 0 Å². The Labute approximate surface area is 118 Å². The van der Waals surface area contributed by atoms with Crippen molar-refractivity contribution < 1.29 is 9.13 Å². The minimum Gasteiger partial charge on any atom is -0.384 e. The molecule has 1 saturated heterocycles. The maximum atomic E-state index is 14.0. The second kappa shape index (κ2) is 6.66. The highest BCUT2D eigenvalue weighted by Gasteiger charge is 2.29. The molecule has 5 heteroatoms. The predicted molar refractivity (Wildman–Crippen MR) is 74.8 cm³/mol. The summed E-state index contributed by atoms with van der Waals surface area (Å²) in [6, 6.07) is 4.71. The highest BCUT2D eigenvalue weighted by molar-refractivity contribution is 6.30. The van der Waals surface area contributed by atoms with Crippen molar-refractivity contribution in [1.29, 1.82) is 0 Å². The Morgan fingerprint density at radius 2 is 2.37 bits per heavy atom. The molecule has 2 N–H and O–H groups in total. The predicted octanol–water partition coefficient (Wildman–Crippen LogP) is 2.45. The van der Waals surface area contributed by atoms with Crippen LogP contribution in [0.15, 0.2) is 18.2 Å². The summed E-state index contributed by atoms with van der Waals surface area (Å²) in [6.45, 7) is 2.98. The summed E-state index contributed by atoms with van der Waals surface area (Å²) < 4.78 is 19.2. The summed E-state index contributed by atoms with van der Waals surface area (Å²) in [5.41, 5.74) is 6.47. The van der Waals surface area contributed by atoms with E-state index in [1.165, 1.54) is 6.07 Å². The molecule has 0 amide bonds. The zero-order valence-electron chi connectivity index (χ0n) is 11.1. The van der Waals surface area contributed by atoms with Gasteiger partial charge >= 0.3 is 0 Å². The topological polar surface area (TPSA) is 38.5 Å². The maximum absolute atomic E-state index is 14.0. The van der Waals surface area contributed by atoms with Crippen molar-refractivity contribution in [2.75, 3.05) is 33.4 Å². The number of hydrogen-bond donors (Lipinski definition) is 1. The van der Waals surface area contributed by atoms with Crippen LogP contribution in [0.4, 0.5) is 4.39 Å². The standard InChI is InChI=1S/C14H20ClFN2O/c1-19-9-10-4-5-18(8-10)14(7-17)12-3-2-11(15)6-13(12)16/h2-3,6,10,14H,4-5,7-9,17H2,1H3. The zero-order chi connectivity index (χ0) is 13.8. The third-order valence-corrected chi connectivity index (χ3v) is 3.94. The molecule has 0 saturated carbocycles. The number of methoxy groups -OCH3 is 1. The largest absolute Gasteiger partial charge is 0.384 e. The van der Waals surface area contributed by atoms with Crippen LogP contribution in [0.2, 0.25) is 5.02 Å². The van der Waals surface area contributed by atoms with E-state index in [4.69, 9.17) is 22.1 Å². The number of rotatable bonds is 5. The van der Waals surface area contributed by atoms with E-state index in [0.29, 0.717) is 23.0 Å². The fourth-order valence-electron chi connectivity index (χ4n) is 2.76. The van der Waals surface area contributed by atoms with Gasteiger partial charge in [-0.2, -0.15) is 0 Å². The molecule has 0 aliphatic carbocycles. The first kappa shape index (κ1) is 14.7. The van der Waals surface area contributed by atoms with E-state index in [1.807, 2.05) is 0 Å². The van der Waals surface area contributed by atoms with E-state index in [1.54, 1.807) is 19.2 Å². The van der Waals surface area contributed by atoms with Crippen molar-refractivity contribution in [3.63, 3.8) is 0 Å². The van der Waals surface area contributed by atoms with Gasteiger partial charge < -0.3 is 10.5 Å². The van der Waals surface area contributed by atoms with Crippen molar-refractivity contribution in [2.24, 2.45) is 11.7 Å². The van der Waals surface area contributed by atoms with Crippen molar-refractivity contribution in [1.82, 2.24) is 4.90 Å². The monoisotopic (exact) mass is 286 g/mol. The SMILES string of the molecule is COCC1CCN(C(CN)c2ccc(Cl)cc2F)C1. The van der Waals surface area contributed by atoms with E-state index in [2.05, 4.69) is 4.90 Å². The maximum Gasteiger partial charge on any atom is 0.129 e. The molecule has 106 valence electrons. The molecule has 2 atom stereocenters. The van der Waals surface area contributed by atoms with E-state index >= 15 is 0 Å². The number of likely N-dealkylation sites (tertiary alicyclic amines) is 1. The summed E-state index contributed by atoms with van der Waals surface area (Å²) >= 11 is 5.79. The summed E-state index contributed by atoms with van der Waals surface area (Å²) in [6.07, 6.45) is 1.07. The molecule has 0 radical (unpaired) electrons. The normalized spacial score (nSPS) is 21.8. The van der Waals surface area contributed by atoms with Gasteiger partial charge in [-0.3, -0.25) is 4.90 Å². The average Bonchev–Trinajstić information content (AvgIpc) is 2.82. The lowest BCUT2D eigenvalue weighted by Gasteiger charge is -2.27. The number of nitrogens with zero attached hydrogens (tertiary/aromatic N) is 1. The molecule has 1 fully saturated rings. The fourth-order valence-corrected chi connectivity index (χ4v) is 2.92. The minimum absolute atomic E-state index is 0.0841. The van der Waals surface area contributed by atoms with Crippen LogP contribution in [-0.4, -0.2) is 38.3 Å². The molecule has 0 spiro atoms. The van der Waals surface area contributed by atoms with Crippen molar-refractivity contribution in [2.45, 2.75) is 12.5 Å². The Balaban J connectivity index is 2.12. The summed E-state index contributed by atoms with van der Waals surface area (Å²) in [5.74, 6) is 0.229. The second-order valence-corrected chi connectivity index (χ2v) is 5.46. The average molecular weight is 287 g/mol. The van der Waals surface area contributed by atoms with Crippen LogP contribution < -0.4 is 5.73 Å². The van der Waals surface area contributed by atoms with Crippen LogP contribution in [0.1, 0.15) is 18.0 Å². The quantitative estimate of drug-likeness (QED) is 0.904. The molecule has 1 heterocycles. The molecule has 1 aliphatic rings. The number of nitrogens with two attached hydrogens (primary N) is 1. The van der Waals surface area contributed by atoms with Crippen molar-refractivity contribution in [3.8, 4) is 0 Å². The Hall–Kier alpha value is -0.680. The minimum atomic E-state index is -0.279. The second-order valence-electron chi connectivity index (χ2n) is 5.02. The van der Waals surface area contributed by atoms with Crippen LogP contribution in [-0.2, 0) is 4.74 Å². The first-order valence-electron chi connectivity index (χ1n) is 6.53. The van der Waals surface area contributed by atoms with Gasteiger partial charge in [-0.25, -0.2) is 4.39 Å². The summed E-state index contributed by atoms with van der Waals surface area (Å²) in [4.78, 5) is 2.23. The smallest absolute Gasteiger partial charge is 0.129 e. The molecule has 1 aromatic rings. The zero-order valence-corrected chi connectivity index (χ0v) is 11.9. The van der Waals surface area contributed by atoms with Gasteiger partial charge in [0.15, 0.2) is 0 Å². The van der Waals surface area contributed by atoms with Gasteiger partial charge in [0.25, 0.3) is 0 Å². The molecule has 1 aromatic carbocycles. The lowest BCUT2D eigenvalue weighted by molar-refractivity contribution is 0.147. The Morgan fingerprint density at radius 3 is 3.00 bits per heavy atom. The molecule has 3 nitrogen and oxygen atoms in total. The third-order valence-electron chi connectivity index (χ3n) is 3.71. The van der Waals surface area contributed by atoms with E-state index < -0.39 is 0 Å². The van der Waals surface area contributed by atoms with Crippen LogP contribution in [0, 0.1) is 11.7 Å². The highest BCUT2D eigenvalue weighted by Crippen LogP contribution is 2.29. The first-order chi connectivity index (χ1) is 9.15. The number of halogens is 2. The first-order valence-corrected chi connectivity index (χ1v) is 6.91. The third kappa shape index (κ3) is 3.45. The number of hydrogen-bond acceptors (Lipinski definition) is 3. The van der Waals surface area contributed by atoms with Crippen LogP contribution in [0.5, 0.6) is 0 Å². The molecule has 2 unspecified atom stereocenters. The molecule has 0 aromatic heterocycles. The van der Waals surface area contributed by atoms with E-state index in [0.717, 1.165) is 26.1 Å². The van der Waals surface area contributed by atoms with Gasteiger partial charge in [-0.05, 0) is 31.0 Å². The molecule has 19 heavy (non-hydrogen) atoms. The highest BCUT2D eigenvalue weighted by atomic mass is 35.5. The number of ether oxygens (including phenoxy) is 1. The lowest BCUT2D eigenvalue weighted by Crippen LogP contribution is -2.33. The van der Waals surface area contributed by atoms with Crippen LogP contribution in [0.3, 0.4) is 0 Å². The fraction of sp³-hybridized carbons (Fsp3) is 0.571. The molecular weight excluding hydrogens is 267 g/mol. The molecule has 1 aliphatic heterocycles. The van der Waals surface area contributed by atoms with Gasteiger partial charge in [0.1, 0.15) is 5.82 Å². The Kier molecular flexibility index (Phi) is 5.16. The van der Waals surface area contributed by atoms with Gasteiger partial charge in [0, 0.05) is 36.8 Å². The van der Waals surface area contributed by atoms with Gasteiger partial charge in [0.05, 0.1) is 6.61 Å². The van der Waals surface area contributed by atoms with Crippen molar-refractivity contribution >= 4 is 11.6 Å². The van der Waals surface area contributed by atoms with E-state index in [9.17, 15) is 4.39 Å². The molecular formula is C14H20ClFN2O. The summed E-state index contributed by atoms with van der Waals surface area (Å²) in [7, 11) is 1.71. The Morgan fingerprint density at radius 1 is 1.58 bits per heavy atom. The Bertz CT molecular complexity index is 430. The van der Waals surface area contributed by atoms with Crippen LogP contribution >= 0.6 is 11.6 Å².